The highest BCUT2D eigenvalue weighted by atomic mass is 16.6. The highest BCUT2D eigenvalue weighted by molar-refractivity contribution is 5.48. The first-order chi connectivity index (χ1) is 8.38. The number of rotatable bonds is 5. The highest BCUT2D eigenvalue weighted by Gasteiger charge is 2.25. The molecule has 0 amide bonds. The van der Waals surface area contributed by atoms with Crippen LogP contribution >= 0.6 is 0 Å². The Hall–Kier alpha value is -1.49. The lowest BCUT2D eigenvalue weighted by Gasteiger charge is -2.14. The predicted molar refractivity (Wildman–Crippen MR) is 71.8 cm³/mol. The van der Waals surface area contributed by atoms with E-state index in [9.17, 15) is 10.1 Å². The van der Waals surface area contributed by atoms with Crippen molar-refractivity contribution in [3.8, 4) is 0 Å². The van der Waals surface area contributed by atoms with Crippen LogP contribution in [-0.2, 0) is 6.54 Å². The van der Waals surface area contributed by atoms with E-state index in [1.807, 2.05) is 40.8 Å². The zero-order valence-corrected chi connectivity index (χ0v) is 11.7. The van der Waals surface area contributed by atoms with Crippen LogP contribution in [0.5, 0.6) is 0 Å². The van der Waals surface area contributed by atoms with Crippen molar-refractivity contribution < 1.29 is 4.92 Å². The fraction of sp³-hybridized carbons (Fsp3) is 0.615. The molecule has 0 radical (unpaired) electrons. The minimum absolute atomic E-state index is 0.0414. The molecule has 1 heterocycles. The maximum atomic E-state index is 11.3. The zero-order valence-electron chi connectivity index (χ0n) is 11.7. The standard InChI is InChI=1S/C13H21N3O2/c1-8(2)11-6-10(7-14-5)15-12(9(3)4)13(11)16(17)18/h6,8-9,14H,7H2,1-5H3. The van der Waals surface area contributed by atoms with Gasteiger partial charge in [0.25, 0.3) is 5.69 Å². The number of nitrogens with zero attached hydrogens (tertiary/aromatic N) is 2. The number of aromatic nitrogens is 1. The van der Waals surface area contributed by atoms with Crippen molar-refractivity contribution in [2.75, 3.05) is 7.05 Å². The summed E-state index contributed by atoms with van der Waals surface area (Å²) in [4.78, 5) is 15.4. The molecule has 1 aromatic rings. The van der Waals surface area contributed by atoms with Crippen LogP contribution in [0.15, 0.2) is 6.07 Å². The maximum Gasteiger partial charge on any atom is 0.294 e. The molecule has 0 aliphatic rings. The van der Waals surface area contributed by atoms with Crippen molar-refractivity contribution >= 4 is 5.69 Å². The molecule has 1 rings (SSSR count). The van der Waals surface area contributed by atoms with E-state index >= 15 is 0 Å². The molecule has 0 fully saturated rings. The van der Waals surface area contributed by atoms with Crippen molar-refractivity contribution in [2.24, 2.45) is 0 Å². The predicted octanol–water partition coefficient (Wildman–Crippen LogP) is 2.96. The Morgan fingerprint density at radius 3 is 2.33 bits per heavy atom. The molecular formula is C13H21N3O2. The molecule has 1 N–H and O–H groups in total. The van der Waals surface area contributed by atoms with Gasteiger partial charge in [0, 0.05) is 18.0 Å². The second kappa shape index (κ2) is 5.91. The van der Waals surface area contributed by atoms with Gasteiger partial charge in [0.1, 0.15) is 5.69 Å². The van der Waals surface area contributed by atoms with E-state index < -0.39 is 0 Å². The largest absolute Gasteiger partial charge is 0.314 e. The first kappa shape index (κ1) is 14.6. The van der Waals surface area contributed by atoms with Crippen molar-refractivity contribution in [3.05, 3.63) is 33.1 Å². The van der Waals surface area contributed by atoms with E-state index in [4.69, 9.17) is 0 Å². The monoisotopic (exact) mass is 251 g/mol. The van der Waals surface area contributed by atoms with Crippen LogP contribution in [0.2, 0.25) is 0 Å². The van der Waals surface area contributed by atoms with Gasteiger partial charge in [0.05, 0.1) is 10.6 Å². The van der Waals surface area contributed by atoms with Gasteiger partial charge in [-0.25, -0.2) is 4.98 Å². The van der Waals surface area contributed by atoms with E-state index in [0.29, 0.717) is 12.2 Å². The molecule has 0 aliphatic heterocycles. The summed E-state index contributed by atoms with van der Waals surface area (Å²) < 4.78 is 0. The summed E-state index contributed by atoms with van der Waals surface area (Å²) in [5, 5.41) is 14.3. The molecule has 0 spiro atoms. The lowest BCUT2D eigenvalue weighted by atomic mass is 9.96. The molecule has 100 valence electrons. The third-order valence-electron chi connectivity index (χ3n) is 2.81. The Bertz CT molecular complexity index is 413. The van der Waals surface area contributed by atoms with Gasteiger partial charge < -0.3 is 5.32 Å². The van der Waals surface area contributed by atoms with Crippen LogP contribution in [0.25, 0.3) is 0 Å². The van der Waals surface area contributed by atoms with Gasteiger partial charge in [-0.3, -0.25) is 10.1 Å². The molecule has 1 aromatic heterocycles. The molecule has 0 bridgehead atoms. The maximum absolute atomic E-state index is 11.3. The van der Waals surface area contributed by atoms with Crippen LogP contribution < -0.4 is 5.32 Å². The molecule has 0 saturated heterocycles. The van der Waals surface area contributed by atoms with E-state index in [-0.39, 0.29) is 22.4 Å². The summed E-state index contributed by atoms with van der Waals surface area (Å²) in [7, 11) is 1.84. The average molecular weight is 251 g/mol. The molecule has 5 nitrogen and oxygen atoms in total. The summed E-state index contributed by atoms with van der Waals surface area (Å²) in [5.74, 6) is 0.154. The van der Waals surface area contributed by atoms with Gasteiger partial charge in [-0.15, -0.1) is 0 Å². The highest BCUT2D eigenvalue weighted by Crippen LogP contribution is 2.33. The van der Waals surface area contributed by atoms with Gasteiger partial charge in [-0.1, -0.05) is 27.7 Å². The second-order valence-electron chi connectivity index (χ2n) is 5.03. The number of hydrogen-bond acceptors (Lipinski definition) is 4. The van der Waals surface area contributed by atoms with E-state index in [0.717, 1.165) is 11.3 Å². The number of nitro groups is 1. The van der Waals surface area contributed by atoms with Crippen LogP contribution in [0, 0.1) is 10.1 Å². The lowest BCUT2D eigenvalue weighted by Crippen LogP contribution is -2.12. The Labute approximate surface area is 108 Å². The molecule has 0 unspecified atom stereocenters. The Balaban J connectivity index is 3.49. The molecular weight excluding hydrogens is 230 g/mol. The van der Waals surface area contributed by atoms with Gasteiger partial charge in [-0.05, 0) is 19.0 Å². The van der Waals surface area contributed by atoms with Crippen molar-refractivity contribution in [1.82, 2.24) is 10.3 Å². The summed E-state index contributed by atoms with van der Waals surface area (Å²) in [6.45, 7) is 8.42. The third kappa shape index (κ3) is 3.04. The first-order valence-corrected chi connectivity index (χ1v) is 6.21. The smallest absolute Gasteiger partial charge is 0.294 e. The summed E-state index contributed by atoms with van der Waals surface area (Å²) in [5.41, 5.74) is 2.38. The minimum atomic E-state index is -0.305. The fourth-order valence-corrected chi connectivity index (χ4v) is 1.95. The minimum Gasteiger partial charge on any atom is -0.314 e. The number of pyridine rings is 1. The number of hydrogen-bond donors (Lipinski definition) is 1. The van der Waals surface area contributed by atoms with Crippen molar-refractivity contribution in [2.45, 2.75) is 46.1 Å². The SMILES string of the molecule is CNCc1cc(C(C)C)c([N+](=O)[O-])c(C(C)C)n1. The molecule has 5 heteroatoms. The molecule has 0 aromatic carbocycles. The zero-order chi connectivity index (χ0) is 13.9. The topological polar surface area (TPSA) is 68.1 Å². The summed E-state index contributed by atoms with van der Waals surface area (Å²) in [6, 6.07) is 1.84. The average Bonchev–Trinajstić information content (AvgIpc) is 2.27. The van der Waals surface area contributed by atoms with Crippen LogP contribution in [-0.4, -0.2) is 17.0 Å². The van der Waals surface area contributed by atoms with E-state index in [1.54, 1.807) is 0 Å². The van der Waals surface area contributed by atoms with Crippen molar-refractivity contribution in [1.29, 1.82) is 0 Å². The van der Waals surface area contributed by atoms with Gasteiger partial charge in [0.2, 0.25) is 0 Å². The first-order valence-electron chi connectivity index (χ1n) is 6.21. The quantitative estimate of drug-likeness (QED) is 0.645. The van der Waals surface area contributed by atoms with E-state index in [2.05, 4.69) is 10.3 Å². The normalized spacial score (nSPS) is 11.3. The van der Waals surface area contributed by atoms with Gasteiger partial charge >= 0.3 is 0 Å². The van der Waals surface area contributed by atoms with Gasteiger partial charge in [0.15, 0.2) is 0 Å². The Morgan fingerprint density at radius 1 is 1.33 bits per heavy atom. The second-order valence-corrected chi connectivity index (χ2v) is 5.03. The molecule has 0 atom stereocenters. The summed E-state index contributed by atoms with van der Waals surface area (Å²) >= 11 is 0. The molecule has 18 heavy (non-hydrogen) atoms. The molecule has 0 aliphatic carbocycles. The molecule has 0 saturated carbocycles. The van der Waals surface area contributed by atoms with Crippen LogP contribution in [0.4, 0.5) is 5.69 Å². The third-order valence-corrected chi connectivity index (χ3v) is 2.81. The number of nitrogens with one attached hydrogen (secondary N) is 1. The van der Waals surface area contributed by atoms with Gasteiger partial charge in [-0.2, -0.15) is 0 Å². The van der Waals surface area contributed by atoms with Crippen LogP contribution in [0.3, 0.4) is 0 Å². The lowest BCUT2D eigenvalue weighted by molar-refractivity contribution is -0.386. The Morgan fingerprint density at radius 2 is 1.94 bits per heavy atom. The fourth-order valence-electron chi connectivity index (χ4n) is 1.95. The van der Waals surface area contributed by atoms with Crippen molar-refractivity contribution in [3.63, 3.8) is 0 Å². The Kier molecular flexibility index (Phi) is 4.78. The van der Waals surface area contributed by atoms with E-state index in [1.165, 1.54) is 0 Å². The summed E-state index contributed by atoms with van der Waals surface area (Å²) in [6.07, 6.45) is 0. The van der Waals surface area contributed by atoms with Crippen LogP contribution in [0.1, 0.15) is 56.5 Å².